The van der Waals surface area contributed by atoms with E-state index in [-0.39, 0.29) is 11.7 Å². The smallest absolute Gasteiger partial charge is 0.410 e. The zero-order valence-electron chi connectivity index (χ0n) is 11.7. The predicted molar refractivity (Wildman–Crippen MR) is 69.4 cm³/mol. The molecule has 3 rings (SSSR count). The standard InChI is InChI=1S/C14H24N2O2/c1-12(2,3)18-11(17)16-9-13(10-16)7-14(8-13)5-4-6-15-14/h15H,4-10H2,1-3H3. The number of carbonyl (C=O) groups is 1. The molecule has 4 heteroatoms. The fourth-order valence-electron chi connectivity index (χ4n) is 4.00. The number of amides is 1. The maximum Gasteiger partial charge on any atom is 0.410 e. The second-order valence-corrected chi connectivity index (χ2v) is 7.50. The van der Waals surface area contributed by atoms with Crippen molar-refractivity contribution in [2.24, 2.45) is 5.41 Å². The molecule has 0 aromatic rings. The van der Waals surface area contributed by atoms with Crippen LogP contribution in [0.25, 0.3) is 0 Å². The highest BCUT2D eigenvalue weighted by Gasteiger charge is 2.61. The van der Waals surface area contributed by atoms with E-state index in [1.807, 2.05) is 25.7 Å². The van der Waals surface area contributed by atoms with Crippen molar-refractivity contribution in [3.05, 3.63) is 0 Å². The minimum absolute atomic E-state index is 0.145. The highest BCUT2D eigenvalue weighted by atomic mass is 16.6. The van der Waals surface area contributed by atoms with Crippen LogP contribution in [0.2, 0.25) is 0 Å². The average molecular weight is 252 g/mol. The first-order valence-corrected chi connectivity index (χ1v) is 7.05. The second-order valence-electron chi connectivity index (χ2n) is 7.50. The van der Waals surface area contributed by atoms with Gasteiger partial charge in [0.05, 0.1) is 0 Å². The summed E-state index contributed by atoms with van der Waals surface area (Å²) in [6.07, 6.45) is 4.99. The molecule has 2 aliphatic heterocycles. The van der Waals surface area contributed by atoms with E-state index >= 15 is 0 Å². The zero-order valence-corrected chi connectivity index (χ0v) is 11.7. The Morgan fingerprint density at radius 2 is 1.94 bits per heavy atom. The normalized spacial score (nSPS) is 28.1. The van der Waals surface area contributed by atoms with Gasteiger partial charge in [0.15, 0.2) is 0 Å². The molecule has 1 amide bonds. The molecular weight excluding hydrogens is 228 g/mol. The number of carbonyl (C=O) groups excluding carboxylic acids is 1. The summed E-state index contributed by atoms with van der Waals surface area (Å²) in [6.45, 7) is 8.71. The van der Waals surface area contributed by atoms with E-state index in [2.05, 4.69) is 5.32 Å². The van der Waals surface area contributed by atoms with Gasteiger partial charge in [0.2, 0.25) is 0 Å². The first-order chi connectivity index (χ1) is 8.32. The molecule has 0 atom stereocenters. The minimum atomic E-state index is -0.381. The van der Waals surface area contributed by atoms with Crippen molar-refractivity contribution in [3.63, 3.8) is 0 Å². The molecule has 1 aliphatic carbocycles. The SMILES string of the molecule is CC(C)(C)OC(=O)N1CC2(C1)CC1(CCCN1)C2. The Kier molecular flexibility index (Phi) is 2.47. The average Bonchev–Trinajstić information content (AvgIpc) is 2.55. The lowest BCUT2D eigenvalue weighted by molar-refractivity contribution is -0.110. The fourth-order valence-corrected chi connectivity index (χ4v) is 4.00. The zero-order chi connectivity index (χ0) is 13.0. The third-order valence-electron chi connectivity index (χ3n) is 4.46. The van der Waals surface area contributed by atoms with E-state index in [0.29, 0.717) is 11.0 Å². The highest BCUT2D eigenvalue weighted by molar-refractivity contribution is 5.69. The summed E-state index contributed by atoms with van der Waals surface area (Å²) in [5.74, 6) is 0. The fraction of sp³-hybridized carbons (Fsp3) is 0.929. The summed E-state index contributed by atoms with van der Waals surface area (Å²) in [6, 6.07) is 0. The van der Waals surface area contributed by atoms with E-state index in [1.165, 1.54) is 32.2 Å². The summed E-state index contributed by atoms with van der Waals surface area (Å²) in [7, 11) is 0. The predicted octanol–water partition coefficient (Wildman–Crippen LogP) is 2.14. The van der Waals surface area contributed by atoms with Crippen LogP contribution in [0, 0.1) is 5.41 Å². The quantitative estimate of drug-likeness (QED) is 0.718. The van der Waals surface area contributed by atoms with Gasteiger partial charge >= 0.3 is 6.09 Å². The topological polar surface area (TPSA) is 41.6 Å². The third kappa shape index (κ3) is 2.00. The van der Waals surface area contributed by atoms with Gasteiger partial charge in [-0.25, -0.2) is 4.79 Å². The van der Waals surface area contributed by atoms with Gasteiger partial charge < -0.3 is 15.0 Å². The molecule has 2 saturated heterocycles. The molecule has 2 spiro atoms. The van der Waals surface area contributed by atoms with Crippen molar-refractivity contribution in [1.82, 2.24) is 10.2 Å². The molecule has 1 N–H and O–H groups in total. The summed E-state index contributed by atoms with van der Waals surface area (Å²) >= 11 is 0. The van der Waals surface area contributed by atoms with Crippen LogP contribution in [-0.4, -0.2) is 41.8 Å². The summed E-state index contributed by atoms with van der Waals surface area (Å²) in [4.78, 5) is 13.7. The lowest BCUT2D eigenvalue weighted by atomic mass is 9.53. The summed E-state index contributed by atoms with van der Waals surface area (Å²) in [5.41, 5.74) is 0.460. The van der Waals surface area contributed by atoms with Crippen molar-refractivity contribution in [1.29, 1.82) is 0 Å². The molecule has 0 bridgehead atoms. The first kappa shape index (κ1) is 12.3. The first-order valence-electron chi connectivity index (χ1n) is 7.05. The van der Waals surface area contributed by atoms with Crippen LogP contribution in [0.4, 0.5) is 4.79 Å². The van der Waals surface area contributed by atoms with Gasteiger partial charge in [0.1, 0.15) is 5.60 Å². The Morgan fingerprint density at radius 3 is 2.44 bits per heavy atom. The summed E-state index contributed by atoms with van der Waals surface area (Å²) < 4.78 is 5.39. The molecule has 0 aromatic carbocycles. The van der Waals surface area contributed by atoms with Crippen molar-refractivity contribution in [2.75, 3.05) is 19.6 Å². The van der Waals surface area contributed by atoms with E-state index in [9.17, 15) is 4.79 Å². The van der Waals surface area contributed by atoms with Crippen LogP contribution in [-0.2, 0) is 4.74 Å². The molecule has 3 aliphatic rings. The molecule has 0 aromatic heterocycles. The Balaban J connectivity index is 1.48. The van der Waals surface area contributed by atoms with Crippen LogP contribution < -0.4 is 5.32 Å². The number of ether oxygens (including phenoxy) is 1. The van der Waals surface area contributed by atoms with Crippen molar-refractivity contribution in [2.45, 2.75) is 57.6 Å². The van der Waals surface area contributed by atoms with Crippen molar-refractivity contribution in [3.8, 4) is 0 Å². The van der Waals surface area contributed by atoms with E-state index in [4.69, 9.17) is 4.74 Å². The maximum atomic E-state index is 11.9. The molecule has 3 fully saturated rings. The molecular formula is C14H24N2O2. The van der Waals surface area contributed by atoms with Gasteiger partial charge in [0, 0.05) is 24.0 Å². The van der Waals surface area contributed by atoms with Crippen LogP contribution in [0.1, 0.15) is 46.5 Å². The van der Waals surface area contributed by atoms with Crippen LogP contribution in [0.3, 0.4) is 0 Å². The molecule has 0 radical (unpaired) electrons. The van der Waals surface area contributed by atoms with E-state index in [0.717, 1.165) is 13.1 Å². The number of likely N-dealkylation sites (tertiary alicyclic amines) is 1. The lowest BCUT2D eigenvalue weighted by Crippen LogP contribution is -2.71. The number of nitrogens with zero attached hydrogens (tertiary/aromatic N) is 1. The van der Waals surface area contributed by atoms with Gasteiger partial charge in [-0.3, -0.25) is 0 Å². The largest absolute Gasteiger partial charge is 0.444 e. The van der Waals surface area contributed by atoms with Gasteiger partial charge in [0.25, 0.3) is 0 Å². The monoisotopic (exact) mass is 252 g/mol. The minimum Gasteiger partial charge on any atom is -0.444 e. The van der Waals surface area contributed by atoms with E-state index in [1.54, 1.807) is 0 Å². The van der Waals surface area contributed by atoms with Crippen LogP contribution in [0.15, 0.2) is 0 Å². The molecule has 0 unspecified atom stereocenters. The Bertz CT molecular complexity index is 350. The van der Waals surface area contributed by atoms with Crippen molar-refractivity contribution >= 4 is 6.09 Å². The van der Waals surface area contributed by atoms with E-state index < -0.39 is 0 Å². The van der Waals surface area contributed by atoms with Gasteiger partial charge in [-0.1, -0.05) is 0 Å². The summed E-state index contributed by atoms with van der Waals surface area (Å²) in [5, 5.41) is 3.64. The molecule has 102 valence electrons. The number of nitrogens with one attached hydrogen (secondary N) is 1. The Labute approximate surface area is 109 Å². The Morgan fingerprint density at radius 1 is 1.28 bits per heavy atom. The van der Waals surface area contributed by atoms with Gasteiger partial charge in [-0.05, 0) is 53.0 Å². The molecule has 18 heavy (non-hydrogen) atoms. The number of rotatable bonds is 0. The second kappa shape index (κ2) is 3.62. The van der Waals surface area contributed by atoms with Gasteiger partial charge in [-0.2, -0.15) is 0 Å². The molecule has 4 nitrogen and oxygen atoms in total. The highest BCUT2D eigenvalue weighted by Crippen LogP contribution is 2.57. The molecule has 1 saturated carbocycles. The third-order valence-corrected chi connectivity index (χ3v) is 4.46. The molecule has 2 heterocycles. The number of hydrogen-bond donors (Lipinski definition) is 1. The van der Waals surface area contributed by atoms with Crippen LogP contribution >= 0.6 is 0 Å². The van der Waals surface area contributed by atoms with Crippen LogP contribution in [0.5, 0.6) is 0 Å². The maximum absolute atomic E-state index is 11.9. The number of hydrogen-bond acceptors (Lipinski definition) is 3. The Hall–Kier alpha value is -0.770. The van der Waals surface area contributed by atoms with Crippen molar-refractivity contribution < 1.29 is 9.53 Å². The lowest BCUT2D eigenvalue weighted by Gasteiger charge is -2.63. The van der Waals surface area contributed by atoms with Gasteiger partial charge in [-0.15, -0.1) is 0 Å².